The molecular weight excluding hydrogens is 377 g/mol. The van der Waals surface area contributed by atoms with Gasteiger partial charge in [-0.25, -0.2) is 0 Å². The monoisotopic (exact) mass is 402 g/mol. The summed E-state index contributed by atoms with van der Waals surface area (Å²) < 4.78 is 47.4. The fourth-order valence-corrected chi connectivity index (χ4v) is 3.63. The lowest BCUT2D eigenvalue weighted by Crippen LogP contribution is -2.57. The summed E-state index contributed by atoms with van der Waals surface area (Å²) >= 11 is 0. The van der Waals surface area contributed by atoms with Crippen LogP contribution in [0.25, 0.3) is 0 Å². The molecule has 0 saturated carbocycles. The van der Waals surface area contributed by atoms with Crippen molar-refractivity contribution in [2.45, 2.75) is 57.3 Å². The van der Waals surface area contributed by atoms with Gasteiger partial charge in [0.05, 0.1) is 18.3 Å². The Hall–Kier alpha value is -1.87. The van der Waals surface area contributed by atoms with Crippen LogP contribution in [0.2, 0.25) is 18.1 Å². The highest BCUT2D eigenvalue weighted by atomic mass is 28.4. The molecule has 0 fully saturated rings. The van der Waals surface area contributed by atoms with Crippen LogP contribution in [0.1, 0.15) is 38.3 Å². The molecule has 1 unspecified atom stereocenters. The van der Waals surface area contributed by atoms with Gasteiger partial charge in [0.2, 0.25) is 0 Å². The first-order valence-corrected chi connectivity index (χ1v) is 11.4. The molecule has 0 amide bonds. The average molecular weight is 402 g/mol. The first kappa shape index (κ1) is 21.4. The second kappa shape index (κ2) is 7.27. The molecule has 1 heterocycles. The Labute approximate surface area is 158 Å². The molecule has 0 aliphatic carbocycles. The second-order valence-corrected chi connectivity index (χ2v) is 12.7. The molecule has 27 heavy (non-hydrogen) atoms. The van der Waals surface area contributed by atoms with Gasteiger partial charge < -0.3 is 14.1 Å². The van der Waals surface area contributed by atoms with Crippen LogP contribution < -0.4 is 0 Å². The van der Waals surface area contributed by atoms with Crippen LogP contribution in [0.3, 0.4) is 0 Å². The number of oxime groups is 2. The molecule has 9 heteroatoms. The lowest BCUT2D eigenvalue weighted by Gasteiger charge is -2.42. The van der Waals surface area contributed by atoms with E-state index in [0.717, 1.165) is 5.56 Å². The topological polar surface area (TPSA) is 52.4 Å². The van der Waals surface area contributed by atoms with E-state index in [0.29, 0.717) is 5.56 Å². The van der Waals surface area contributed by atoms with Crippen molar-refractivity contribution in [2.75, 3.05) is 7.11 Å². The molecule has 0 bridgehead atoms. The standard InChI is InChI=1S/C18H25F3N2O3Si/c1-16(2,3)27(5,6)26-17(18(19,20)21)11-15(23-25-17)14-9-7-13(8-10-14)12-22-24-4/h7-10,12H,11H2,1-6H3. The summed E-state index contributed by atoms with van der Waals surface area (Å²) in [6, 6.07) is 6.75. The minimum Gasteiger partial charge on any atom is -0.399 e. The van der Waals surface area contributed by atoms with Crippen molar-refractivity contribution in [1.82, 2.24) is 0 Å². The lowest BCUT2D eigenvalue weighted by molar-refractivity contribution is -0.347. The van der Waals surface area contributed by atoms with Crippen LogP contribution in [0.5, 0.6) is 0 Å². The van der Waals surface area contributed by atoms with Gasteiger partial charge in [-0.2, -0.15) is 13.2 Å². The highest BCUT2D eigenvalue weighted by Gasteiger charge is 2.65. The zero-order valence-electron chi connectivity index (χ0n) is 16.3. The Morgan fingerprint density at radius 3 is 2.26 bits per heavy atom. The highest BCUT2D eigenvalue weighted by molar-refractivity contribution is 6.74. The van der Waals surface area contributed by atoms with Crippen molar-refractivity contribution in [2.24, 2.45) is 10.3 Å². The van der Waals surface area contributed by atoms with Gasteiger partial charge in [-0.15, -0.1) is 0 Å². The normalized spacial score (nSPS) is 21.3. The average Bonchev–Trinajstić information content (AvgIpc) is 2.97. The maximum absolute atomic E-state index is 13.9. The van der Waals surface area contributed by atoms with Crippen molar-refractivity contribution in [1.29, 1.82) is 0 Å². The van der Waals surface area contributed by atoms with Gasteiger partial charge in [0, 0.05) is 0 Å². The Balaban J connectivity index is 2.27. The van der Waals surface area contributed by atoms with E-state index in [1.807, 2.05) is 20.8 Å². The number of hydrogen-bond acceptors (Lipinski definition) is 5. The number of nitrogens with zero attached hydrogens (tertiary/aromatic N) is 2. The van der Waals surface area contributed by atoms with Crippen molar-refractivity contribution < 1.29 is 27.3 Å². The fourth-order valence-electron chi connectivity index (χ4n) is 2.27. The summed E-state index contributed by atoms with van der Waals surface area (Å²) in [4.78, 5) is 9.53. The van der Waals surface area contributed by atoms with Gasteiger partial charge >= 0.3 is 12.0 Å². The SMILES string of the molecule is CON=Cc1ccc(C2=NOC(O[Si](C)(C)C(C)(C)C)(C(F)(F)F)C2)cc1. The molecule has 1 aliphatic rings. The molecule has 1 aromatic rings. The molecule has 2 rings (SSSR count). The Bertz CT molecular complexity index is 725. The van der Waals surface area contributed by atoms with Crippen molar-refractivity contribution in [3.63, 3.8) is 0 Å². The second-order valence-electron chi connectivity index (χ2n) is 7.96. The van der Waals surface area contributed by atoms with Gasteiger partial charge in [0.25, 0.3) is 0 Å². The third-order valence-corrected chi connectivity index (χ3v) is 9.37. The molecule has 0 aromatic heterocycles. The van der Waals surface area contributed by atoms with E-state index in [1.54, 1.807) is 37.4 Å². The Kier molecular flexibility index (Phi) is 5.77. The molecule has 0 N–H and O–H groups in total. The molecule has 0 saturated heterocycles. The minimum absolute atomic E-state index is 0.196. The Morgan fingerprint density at radius 2 is 1.78 bits per heavy atom. The van der Waals surface area contributed by atoms with Crippen LogP contribution in [0, 0.1) is 0 Å². The van der Waals surface area contributed by atoms with E-state index in [1.165, 1.54) is 13.3 Å². The third-order valence-electron chi connectivity index (χ3n) is 4.91. The molecule has 5 nitrogen and oxygen atoms in total. The van der Waals surface area contributed by atoms with Crippen molar-refractivity contribution in [3.8, 4) is 0 Å². The molecular formula is C18H25F3N2O3Si. The first-order valence-electron chi connectivity index (χ1n) is 8.50. The van der Waals surface area contributed by atoms with Crippen LogP contribution in [0.15, 0.2) is 34.6 Å². The predicted molar refractivity (Wildman–Crippen MR) is 100 cm³/mol. The van der Waals surface area contributed by atoms with Crippen LogP contribution >= 0.6 is 0 Å². The largest absolute Gasteiger partial charge is 0.457 e. The zero-order valence-corrected chi connectivity index (χ0v) is 17.3. The van der Waals surface area contributed by atoms with Crippen molar-refractivity contribution in [3.05, 3.63) is 35.4 Å². The number of benzene rings is 1. The number of hydrogen-bond donors (Lipinski definition) is 0. The molecule has 150 valence electrons. The maximum atomic E-state index is 13.9. The van der Waals surface area contributed by atoms with E-state index < -0.39 is 31.7 Å². The van der Waals surface area contributed by atoms with Gasteiger partial charge in [0.1, 0.15) is 7.11 Å². The van der Waals surface area contributed by atoms with E-state index in [2.05, 4.69) is 15.1 Å². The van der Waals surface area contributed by atoms with Crippen LogP contribution in [-0.2, 0) is 14.1 Å². The third kappa shape index (κ3) is 4.52. The van der Waals surface area contributed by atoms with Gasteiger partial charge in [-0.3, -0.25) is 0 Å². The van der Waals surface area contributed by atoms with Gasteiger partial charge in [-0.1, -0.05) is 55.3 Å². The van der Waals surface area contributed by atoms with Gasteiger partial charge in [-0.05, 0) is 29.3 Å². The number of rotatable bonds is 5. The minimum atomic E-state index is -4.71. The van der Waals surface area contributed by atoms with E-state index in [-0.39, 0.29) is 5.71 Å². The summed E-state index contributed by atoms with van der Waals surface area (Å²) in [5.41, 5.74) is 1.48. The van der Waals surface area contributed by atoms with E-state index >= 15 is 0 Å². The summed E-state index contributed by atoms with van der Waals surface area (Å²) in [7, 11) is -1.33. The van der Waals surface area contributed by atoms with Crippen LogP contribution in [-0.4, -0.2) is 39.3 Å². The fraction of sp³-hybridized carbons (Fsp3) is 0.556. The summed E-state index contributed by atoms with van der Waals surface area (Å²) in [5, 5.41) is 6.96. The smallest absolute Gasteiger partial charge is 0.399 e. The summed E-state index contributed by atoms with van der Waals surface area (Å²) in [6.45, 7) is 9.14. The summed E-state index contributed by atoms with van der Waals surface area (Å²) in [6.07, 6.45) is -3.70. The highest BCUT2D eigenvalue weighted by Crippen LogP contribution is 2.48. The molecule has 0 radical (unpaired) electrons. The maximum Gasteiger partial charge on any atom is 0.457 e. The zero-order chi connectivity index (χ0) is 20.5. The molecule has 1 atom stereocenters. The van der Waals surface area contributed by atoms with Crippen LogP contribution in [0.4, 0.5) is 13.2 Å². The number of alkyl halides is 3. The molecule has 1 aromatic carbocycles. The lowest BCUT2D eigenvalue weighted by atomic mass is 10.0. The van der Waals surface area contributed by atoms with E-state index in [9.17, 15) is 13.2 Å². The van der Waals surface area contributed by atoms with Gasteiger partial charge in [0.15, 0.2) is 8.32 Å². The van der Waals surface area contributed by atoms with E-state index in [4.69, 9.17) is 9.26 Å². The predicted octanol–water partition coefficient (Wildman–Crippen LogP) is 5.07. The first-order chi connectivity index (χ1) is 12.3. The van der Waals surface area contributed by atoms with Crippen molar-refractivity contribution >= 4 is 20.2 Å². The molecule has 1 aliphatic heterocycles. The quantitative estimate of drug-likeness (QED) is 0.392. The Morgan fingerprint density at radius 1 is 1.19 bits per heavy atom. The summed E-state index contributed by atoms with van der Waals surface area (Å²) in [5.74, 6) is -2.75. The number of halogens is 3. The molecule has 0 spiro atoms.